The van der Waals surface area contributed by atoms with E-state index in [4.69, 9.17) is 0 Å². The summed E-state index contributed by atoms with van der Waals surface area (Å²) in [5, 5.41) is 0. The fourth-order valence-corrected chi connectivity index (χ4v) is 9.77. The van der Waals surface area contributed by atoms with E-state index in [-0.39, 0.29) is 20.6 Å². The van der Waals surface area contributed by atoms with Crippen LogP contribution in [0.2, 0.25) is 0 Å². The fraction of sp³-hybridized carbons (Fsp3) is 0.118. The molecule has 1 aliphatic heterocycles. The molecule has 0 bridgehead atoms. The molecule has 3 rings (SSSR count). The Hall–Kier alpha value is -0.980. The van der Waals surface area contributed by atoms with Crippen molar-refractivity contribution < 1.29 is 63.1 Å². The molecule has 0 saturated carbocycles. The van der Waals surface area contributed by atoms with Crippen molar-refractivity contribution in [3.8, 4) is 0 Å². The molecule has 4 nitrogen and oxygen atoms in total. The Kier molecular flexibility index (Phi) is 8.90. The van der Waals surface area contributed by atoms with Gasteiger partial charge in [-0.15, -0.1) is 23.5 Å². The molecule has 1 heterocycles. The zero-order valence-corrected chi connectivity index (χ0v) is 19.8. The standard InChI is InChI=1S/C17H7ClF8O4S4/c19-8-1-9(20)13(24)6(12(8)23)3-31-16-17(34(5-33-16)30-18(27,28)29)32-4-7-14(25)10(21)2-11(22)15(7)26/h1-2,5H,3-4H2. The maximum atomic E-state index is 14.0. The maximum Gasteiger partial charge on any atom is 0.166 e. The summed E-state index contributed by atoms with van der Waals surface area (Å²) >= 11 is 1.66. The van der Waals surface area contributed by atoms with E-state index in [0.29, 0.717) is 35.3 Å². The molecule has 1 atom stereocenters. The molecule has 1 aliphatic rings. The van der Waals surface area contributed by atoms with Gasteiger partial charge in [-0.2, -0.15) is 14.0 Å². The Morgan fingerprint density at radius 1 is 0.735 bits per heavy atom. The fourth-order valence-electron chi connectivity index (χ4n) is 2.37. The highest BCUT2D eigenvalue weighted by atomic mass is 35.7. The zero-order chi connectivity index (χ0) is 25.4. The lowest BCUT2D eigenvalue weighted by Crippen LogP contribution is -2.60. The van der Waals surface area contributed by atoms with Crippen LogP contribution in [0.5, 0.6) is 0 Å². The van der Waals surface area contributed by atoms with Gasteiger partial charge in [0, 0.05) is 39.5 Å². The van der Waals surface area contributed by atoms with Crippen LogP contribution in [0.1, 0.15) is 11.1 Å². The highest BCUT2D eigenvalue weighted by Crippen LogP contribution is 2.53. The lowest BCUT2D eigenvalue weighted by molar-refractivity contribution is -1.91. The Labute approximate surface area is 203 Å². The summed E-state index contributed by atoms with van der Waals surface area (Å²) in [6, 6.07) is -0.0154. The first-order chi connectivity index (χ1) is 15.8. The Bertz CT molecular complexity index is 1150. The average molecular weight is 591 g/mol. The molecule has 34 heavy (non-hydrogen) atoms. The van der Waals surface area contributed by atoms with Gasteiger partial charge in [-0.1, -0.05) is 11.8 Å². The van der Waals surface area contributed by atoms with Gasteiger partial charge in [0.25, 0.3) is 0 Å². The lowest BCUT2D eigenvalue weighted by atomic mass is 10.2. The molecule has 1 unspecified atom stereocenters. The molecule has 0 aromatic heterocycles. The van der Waals surface area contributed by atoms with Gasteiger partial charge >= 0.3 is 0 Å². The minimum absolute atomic E-state index is 0.00211. The summed E-state index contributed by atoms with van der Waals surface area (Å²) in [5.74, 6) is -15.0. The van der Waals surface area contributed by atoms with Gasteiger partial charge in [0.2, 0.25) is 0 Å². The van der Waals surface area contributed by atoms with E-state index in [1.807, 2.05) is 0 Å². The lowest BCUT2D eigenvalue weighted by Gasteiger charge is -2.14. The van der Waals surface area contributed by atoms with Crippen LogP contribution < -0.4 is 14.0 Å². The van der Waals surface area contributed by atoms with Gasteiger partial charge in [-0.05, 0) is 0 Å². The van der Waals surface area contributed by atoms with Gasteiger partial charge in [-0.3, -0.25) is 0 Å². The molecule has 2 aromatic carbocycles. The number of hydrogen-bond donors (Lipinski definition) is 0. The predicted octanol–water partition coefficient (Wildman–Crippen LogP) is 3.70. The van der Waals surface area contributed by atoms with Gasteiger partial charge < -0.3 is 0 Å². The van der Waals surface area contributed by atoms with Crippen LogP contribution in [-0.4, -0.2) is 4.70 Å². The predicted molar refractivity (Wildman–Crippen MR) is 104 cm³/mol. The monoisotopic (exact) mass is 590 g/mol. The van der Waals surface area contributed by atoms with Gasteiger partial charge in [0.1, 0.15) is 3.74 Å². The molecule has 186 valence electrons. The number of thioether (sulfide) groups is 3. The van der Waals surface area contributed by atoms with Crippen molar-refractivity contribution in [1.82, 2.24) is 0 Å². The summed E-state index contributed by atoms with van der Waals surface area (Å²) in [6.07, 6.45) is 0. The van der Waals surface area contributed by atoms with Crippen LogP contribution in [0.4, 0.5) is 35.1 Å². The summed E-state index contributed by atoms with van der Waals surface area (Å²) in [5.41, 5.74) is -2.04. The molecular weight excluding hydrogens is 584 g/mol. The van der Waals surface area contributed by atoms with Crippen molar-refractivity contribution in [2.45, 2.75) is 11.5 Å². The van der Waals surface area contributed by atoms with E-state index in [9.17, 15) is 49.1 Å². The first-order valence-electron chi connectivity index (χ1n) is 8.27. The van der Waals surface area contributed by atoms with E-state index < -0.39 is 90.2 Å². The molecular formula is C17H7ClF8O4S4. The summed E-state index contributed by atoms with van der Waals surface area (Å²) in [6.45, 7) is 0. The van der Waals surface area contributed by atoms with Crippen LogP contribution in [0, 0.1) is 56.8 Å². The van der Waals surface area contributed by atoms with Crippen molar-refractivity contribution in [2.24, 2.45) is 0 Å². The third-order valence-electron chi connectivity index (χ3n) is 3.84. The van der Waals surface area contributed by atoms with Crippen LogP contribution >= 0.6 is 46.1 Å². The van der Waals surface area contributed by atoms with Gasteiger partial charge in [0.15, 0.2) is 57.3 Å². The first-order valence-corrected chi connectivity index (χ1v) is 13.6. The third-order valence-corrected chi connectivity index (χ3v) is 10.9. The van der Waals surface area contributed by atoms with Crippen LogP contribution in [0.3, 0.4) is 0 Å². The van der Waals surface area contributed by atoms with Crippen molar-refractivity contribution in [3.63, 3.8) is 0 Å². The van der Waals surface area contributed by atoms with Crippen LogP contribution in [-0.2, 0) is 15.2 Å². The van der Waals surface area contributed by atoms with Crippen molar-refractivity contribution in [3.05, 3.63) is 78.3 Å². The smallest absolute Gasteiger partial charge is 0.166 e. The second kappa shape index (κ2) is 11.0. The SMILES string of the molecule is [O-][Cl+3]([O-])([O-])OS1=CSC(SCc2c(F)c(F)cc(F)c2F)=C1SCc1c(F)c(F)cc(F)c1F. The van der Waals surface area contributed by atoms with E-state index in [0.717, 1.165) is 4.70 Å². The Morgan fingerprint density at radius 3 is 1.56 bits per heavy atom. The number of halogens is 9. The first kappa shape index (κ1) is 27.6. The number of benzene rings is 2. The second-order valence-electron chi connectivity index (χ2n) is 6.00. The van der Waals surface area contributed by atoms with Gasteiger partial charge in [-0.25, -0.2) is 35.1 Å². The zero-order valence-electron chi connectivity index (χ0n) is 15.8. The normalized spacial score (nSPS) is 16.4. The Morgan fingerprint density at radius 2 is 1.15 bits per heavy atom. The van der Waals surface area contributed by atoms with Crippen LogP contribution in [0.25, 0.3) is 0 Å². The number of hydrogen-bond acceptors (Lipinski definition) is 7. The molecule has 2 aromatic rings. The van der Waals surface area contributed by atoms with E-state index in [1.54, 1.807) is 0 Å². The van der Waals surface area contributed by atoms with Crippen molar-refractivity contribution in [2.75, 3.05) is 0 Å². The maximum absolute atomic E-state index is 14.0. The minimum Gasteiger partial charge on any atom is -0.204 e. The molecule has 0 N–H and O–H groups in total. The number of rotatable bonds is 8. The second-order valence-corrected chi connectivity index (χ2v) is 12.2. The molecule has 17 heteroatoms. The molecule has 0 amide bonds. The largest absolute Gasteiger partial charge is 0.204 e. The minimum atomic E-state index is -5.00. The highest BCUT2D eigenvalue weighted by Gasteiger charge is 2.33. The Balaban J connectivity index is 1.92. The van der Waals surface area contributed by atoms with E-state index in [2.05, 4.69) is 3.74 Å². The highest BCUT2D eigenvalue weighted by molar-refractivity contribution is 8.45. The van der Waals surface area contributed by atoms with Gasteiger partial charge in [0.05, 0.1) is 18.7 Å². The molecule has 0 radical (unpaired) electrons. The van der Waals surface area contributed by atoms with Crippen LogP contribution in [0.15, 0.2) is 20.6 Å². The summed E-state index contributed by atoms with van der Waals surface area (Å²) < 4.78 is 148. The molecule has 0 saturated heterocycles. The molecule has 0 aliphatic carbocycles. The van der Waals surface area contributed by atoms with E-state index >= 15 is 0 Å². The molecule has 0 fully saturated rings. The average Bonchev–Trinajstić information content (AvgIpc) is 3.10. The topological polar surface area (TPSA) is 78.4 Å². The quantitative estimate of drug-likeness (QED) is 0.264. The summed E-state index contributed by atoms with van der Waals surface area (Å²) in [4.78, 5) is 0. The van der Waals surface area contributed by atoms with E-state index in [1.165, 1.54) is 0 Å². The van der Waals surface area contributed by atoms with Crippen molar-refractivity contribution in [1.29, 1.82) is 0 Å². The summed E-state index contributed by atoms with van der Waals surface area (Å²) in [7, 11) is -6.96. The molecule has 0 spiro atoms. The third kappa shape index (κ3) is 6.22. The van der Waals surface area contributed by atoms with Crippen molar-refractivity contribution >= 4 is 50.8 Å².